The zero-order chi connectivity index (χ0) is 19.6. The number of hydrogen-bond acceptors (Lipinski definition) is 5. The van der Waals surface area contributed by atoms with E-state index >= 15 is 0 Å². The molecule has 1 aliphatic carbocycles. The maximum atomic E-state index is 12.6. The van der Waals surface area contributed by atoms with Crippen LogP contribution in [0.5, 0.6) is 0 Å². The highest BCUT2D eigenvalue weighted by molar-refractivity contribution is 7.17. The van der Waals surface area contributed by atoms with E-state index in [1.54, 1.807) is 0 Å². The van der Waals surface area contributed by atoms with Crippen LogP contribution in [0.25, 0.3) is 0 Å². The smallest absolute Gasteiger partial charge is 0.341 e. The second-order valence-corrected chi connectivity index (χ2v) is 8.42. The van der Waals surface area contributed by atoms with Crippen molar-refractivity contribution in [2.24, 2.45) is 0 Å². The minimum Gasteiger partial charge on any atom is -0.459 e. The van der Waals surface area contributed by atoms with Crippen LogP contribution in [0, 0.1) is 13.8 Å². The average molecular weight is 390 g/mol. The molecular weight excluding hydrogens is 362 g/mol. The van der Waals surface area contributed by atoms with Crippen molar-refractivity contribution < 1.29 is 14.3 Å². The highest BCUT2D eigenvalue weighted by atomic mass is 32.1. The Labute approximate surface area is 163 Å². The Hall–Kier alpha value is -2.15. The number of carbonyl (C=O) groups excluding carboxylic acids is 2. The molecule has 0 unspecified atom stereocenters. The number of hydrogen-bond donors (Lipinski definition) is 1. The normalized spacial score (nSPS) is 13.5. The Bertz CT molecular complexity index is 851. The number of nitrogens with zero attached hydrogens (tertiary/aromatic N) is 2. The van der Waals surface area contributed by atoms with Crippen LogP contribution < -0.4 is 5.32 Å². The number of amides is 1. The Morgan fingerprint density at radius 2 is 2.04 bits per heavy atom. The van der Waals surface area contributed by atoms with E-state index in [2.05, 4.69) is 10.4 Å². The number of aryl methyl sites for hydroxylation is 4. The zero-order valence-electron chi connectivity index (χ0n) is 16.4. The molecule has 2 aromatic rings. The number of aromatic nitrogens is 2. The minimum atomic E-state index is -0.335. The van der Waals surface area contributed by atoms with Crippen LogP contribution in [0.4, 0.5) is 5.00 Å². The molecule has 0 radical (unpaired) electrons. The standard InChI is InChI=1S/C20H27N3O3S/c1-12(2)26-20(25)18-15-7-5-6-8-16(15)27-19(18)21-17(24)9-10-23-14(4)11-13(3)22-23/h11-12H,5-10H2,1-4H3,(H,21,24). The first kappa shape index (κ1) is 19.6. The number of rotatable bonds is 6. The van der Waals surface area contributed by atoms with E-state index in [1.165, 1.54) is 16.2 Å². The van der Waals surface area contributed by atoms with Gasteiger partial charge in [0.25, 0.3) is 0 Å². The zero-order valence-corrected chi connectivity index (χ0v) is 17.2. The molecule has 146 valence electrons. The van der Waals surface area contributed by atoms with E-state index < -0.39 is 0 Å². The van der Waals surface area contributed by atoms with Gasteiger partial charge in [-0.25, -0.2) is 4.79 Å². The summed E-state index contributed by atoms with van der Waals surface area (Å²) in [6.45, 7) is 8.10. The Balaban J connectivity index is 1.75. The lowest BCUT2D eigenvalue weighted by Gasteiger charge is -2.14. The van der Waals surface area contributed by atoms with Crippen molar-refractivity contribution in [2.75, 3.05) is 5.32 Å². The van der Waals surface area contributed by atoms with Gasteiger partial charge in [-0.2, -0.15) is 5.10 Å². The quantitative estimate of drug-likeness (QED) is 0.757. The predicted molar refractivity (Wildman–Crippen MR) is 106 cm³/mol. The van der Waals surface area contributed by atoms with Crippen molar-refractivity contribution in [2.45, 2.75) is 72.4 Å². The van der Waals surface area contributed by atoms with Crippen molar-refractivity contribution in [3.63, 3.8) is 0 Å². The summed E-state index contributed by atoms with van der Waals surface area (Å²) in [6, 6.07) is 1.99. The molecule has 27 heavy (non-hydrogen) atoms. The summed E-state index contributed by atoms with van der Waals surface area (Å²) in [6.07, 6.45) is 4.14. The second-order valence-electron chi connectivity index (χ2n) is 7.32. The molecule has 3 rings (SSSR count). The van der Waals surface area contributed by atoms with Gasteiger partial charge >= 0.3 is 5.97 Å². The third-order valence-corrected chi connectivity index (χ3v) is 5.83. The fourth-order valence-electron chi connectivity index (χ4n) is 3.44. The average Bonchev–Trinajstić information content (AvgIpc) is 3.11. The van der Waals surface area contributed by atoms with Crippen LogP contribution in [0.3, 0.4) is 0 Å². The van der Waals surface area contributed by atoms with Gasteiger partial charge in [0.15, 0.2) is 0 Å². The fourth-order valence-corrected chi connectivity index (χ4v) is 4.73. The molecule has 0 bridgehead atoms. The number of ether oxygens (including phenoxy) is 1. The third-order valence-electron chi connectivity index (χ3n) is 4.63. The molecule has 0 atom stereocenters. The lowest BCUT2D eigenvalue weighted by Crippen LogP contribution is -2.19. The van der Waals surface area contributed by atoms with Gasteiger partial charge in [0.2, 0.25) is 5.91 Å². The molecule has 2 heterocycles. The number of anilines is 1. The van der Waals surface area contributed by atoms with Crippen LogP contribution in [-0.4, -0.2) is 27.8 Å². The number of carbonyl (C=O) groups is 2. The third kappa shape index (κ3) is 4.58. The maximum absolute atomic E-state index is 12.6. The lowest BCUT2D eigenvalue weighted by atomic mass is 9.95. The van der Waals surface area contributed by atoms with E-state index in [1.807, 2.05) is 38.4 Å². The van der Waals surface area contributed by atoms with Crippen LogP contribution >= 0.6 is 11.3 Å². The second kappa shape index (κ2) is 8.25. The maximum Gasteiger partial charge on any atom is 0.341 e. The molecule has 6 nitrogen and oxygen atoms in total. The highest BCUT2D eigenvalue weighted by Crippen LogP contribution is 2.38. The van der Waals surface area contributed by atoms with E-state index in [4.69, 9.17) is 4.74 Å². The lowest BCUT2D eigenvalue weighted by molar-refractivity contribution is -0.116. The molecule has 1 N–H and O–H groups in total. The van der Waals surface area contributed by atoms with Gasteiger partial charge in [0.05, 0.1) is 17.4 Å². The van der Waals surface area contributed by atoms with Crippen LogP contribution in [0.15, 0.2) is 6.07 Å². The molecule has 0 fully saturated rings. The SMILES string of the molecule is Cc1cc(C)n(CCC(=O)Nc2sc3c(c2C(=O)OC(C)C)CCCC3)n1. The van der Waals surface area contributed by atoms with Gasteiger partial charge < -0.3 is 10.1 Å². The van der Waals surface area contributed by atoms with E-state index in [0.29, 0.717) is 23.5 Å². The first-order valence-corrected chi connectivity index (χ1v) is 10.3. The number of esters is 1. The summed E-state index contributed by atoms with van der Waals surface area (Å²) in [5.74, 6) is -0.446. The van der Waals surface area contributed by atoms with Crippen LogP contribution in [0.2, 0.25) is 0 Å². The molecule has 0 aromatic carbocycles. The molecule has 1 amide bonds. The molecule has 7 heteroatoms. The van der Waals surface area contributed by atoms with Crippen LogP contribution in [0.1, 0.15) is 65.3 Å². The first-order valence-electron chi connectivity index (χ1n) is 9.51. The van der Waals surface area contributed by atoms with E-state index in [-0.39, 0.29) is 18.0 Å². The summed E-state index contributed by atoms with van der Waals surface area (Å²) < 4.78 is 7.27. The Morgan fingerprint density at radius 3 is 2.70 bits per heavy atom. The summed E-state index contributed by atoms with van der Waals surface area (Å²) >= 11 is 1.52. The van der Waals surface area contributed by atoms with Gasteiger partial charge in [-0.1, -0.05) is 0 Å². The number of nitrogens with one attached hydrogen (secondary N) is 1. The van der Waals surface area contributed by atoms with E-state index in [0.717, 1.165) is 42.6 Å². The molecule has 2 aromatic heterocycles. The number of fused-ring (bicyclic) bond motifs is 1. The van der Waals surface area contributed by atoms with Gasteiger partial charge in [-0.05, 0) is 65.0 Å². The van der Waals surface area contributed by atoms with Crippen molar-refractivity contribution in [3.05, 3.63) is 33.5 Å². The van der Waals surface area contributed by atoms with Crippen molar-refractivity contribution in [1.82, 2.24) is 9.78 Å². The van der Waals surface area contributed by atoms with Gasteiger partial charge in [0.1, 0.15) is 5.00 Å². The van der Waals surface area contributed by atoms with Crippen LogP contribution in [-0.2, 0) is 28.9 Å². The van der Waals surface area contributed by atoms with Gasteiger partial charge in [-0.15, -0.1) is 11.3 Å². The molecule has 0 spiro atoms. The predicted octanol–water partition coefficient (Wildman–Crippen LogP) is 4.03. The van der Waals surface area contributed by atoms with Crippen molar-refractivity contribution in [3.8, 4) is 0 Å². The van der Waals surface area contributed by atoms with Crippen molar-refractivity contribution >= 4 is 28.2 Å². The minimum absolute atomic E-state index is 0.111. The molecule has 0 aliphatic heterocycles. The van der Waals surface area contributed by atoms with Gasteiger partial charge in [-0.3, -0.25) is 9.48 Å². The monoisotopic (exact) mass is 389 g/mol. The van der Waals surface area contributed by atoms with Crippen molar-refractivity contribution in [1.29, 1.82) is 0 Å². The largest absolute Gasteiger partial charge is 0.459 e. The molecule has 0 saturated carbocycles. The molecule has 1 aliphatic rings. The van der Waals surface area contributed by atoms with E-state index in [9.17, 15) is 9.59 Å². The summed E-state index contributed by atoms with van der Waals surface area (Å²) in [4.78, 5) is 26.4. The number of thiophene rings is 1. The summed E-state index contributed by atoms with van der Waals surface area (Å²) in [7, 11) is 0. The molecule has 0 saturated heterocycles. The Morgan fingerprint density at radius 1 is 1.30 bits per heavy atom. The summed E-state index contributed by atoms with van der Waals surface area (Å²) in [5.41, 5.74) is 3.60. The fraction of sp³-hybridized carbons (Fsp3) is 0.550. The molecular formula is C20H27N3O3S. The first-order chi connectivity index (χ1) is 12.8. The topological polar surface area (TPSA) is 73.2 Å². The highest BCUT2D eigenvalue weighted by Gasteiger charge is 2.27. The summed E-state index contributed by atoms with van der Waals surface area (Å²) in [5, 5.41) is 7.97. The van der Waals surface area contributed by atoms with Gasteiger partial charge in [0, 0.05) is 23.5 Å². The Kier molecular flexibility index (Phi) is 5.99.